The van der Waals surface area contributed by atoms with Crippen molar-refractivity contribution in [1.82, 2.24) is 10.2 Å². The summed E-state index contributed by atoms with van der Waals surface area (Å²) in [7, 11) is 0. The molecule has 3 rings (SSSR count). The van der Waals surface area contributed by atoms with Gasteiger partial charge in [-0.15, -0.1) is 0 Å². The van der Waals surface area contributed by atoms with Crippen molar-refractivity contribution in [3.05, 3.63) is 70.8 Å². The van der Waals surface area contributed by atoms with Crippen molar-refractivity contribution in [2.24, 2.45) is 0 Å². The molecule has 0 radical (unpaired) electrons. The van der Waals surface area contributed by atoms with Crippen LogP contribution in [0.4, 0.5) is 0 Å². The smallest absolute Gasteiger partial charge is 0.325 e. The van der Waals surface area contributed by atoms with E-state index in [1.165, 1.54) is 5.56 Å². The predicted molar refractivity (Wildman–Crippen MR) is 100 cm³/mol. The largest absolute Gasteiger partial charge is 0.454 e. The number of esters is 1. The van der Waals surface area contributed by atoms with Crippen LogP contribution in [-0.2, 0) is 27.3 Å². The molecule has 2 amide bonds. The van der Waals surface area contributed by atoms with Gasteiger partial charge in [-0.05, 0) is 36.6 Å². The minimum atomic E-state index is -0.637. The van der Waals surface area contributed by atoms with E-state index in [4.69, 9.17) is 4.74 Å². The monoisotopic (exact) mass is 366 g/mol. The zero-order valence-electron chi connectivity index (χ0n) is 15.2. The van der Waals surface area contributed by atoms with Crippen LogP contribution in [0.15, 0.2) is 48.5 Å². The number of nitrogens with zero attached hydrogens (tertiary/aromatic N) is 1. The highest BCUT2D eigenvalue weighted by Gasteiger charge is 2.21. The molecule has 0 atom stereocenters. The van der Waals surface area contributed by atoms with Crippen molar-refractivity contribution >= 4 is 17.8 Å². The number of fused-ring (bicyclic) bond motifs is 1. The lowest BCUT2D eigenvalue weighted by atomic mass is 10.00. The third-order valence-corrected chi connectivity index (χ3v) is 4.51. The van der Waals surface area contributed by atoms with Crippen LogP contribution in [0.3, 0.4) is 0 Å². The van der Waals surface area contributed by atoms with Crippen LogP contribution in [0.1, 0.15) is 27.0 Å². The Morgan fingerprint density at radius 2 is 1.85 bits per heavy atom. The summed E-state index contributed by atoms with van der Waals surface area (Å²) in [6, 6.07) is 15.1. The maximum absolute atomic E-state index is 12.3. The Labute approximate surface area is 158 Å². The Bertz CT molecular complexity index is 863. The summed E-state index contributed by atoms with van der Waals surface area (Å²) in [5.74, 6) is -1.22. The quantitative estimate of drug-likeness (QED) is 0.820. The summed E-state index contributed by atoms with van der Waals surface area (Å²) >= 11 is 0. The lowest BCUT2D eigenvalue weighted by Gasteiger charge is -2.28. The van der Waals surface area contributed by atoms with Gasteiger partial charge < -0.3 is 15.0 Å². The van der Waals surface area contributed by atoms with Gasteiger partial charge >= 0.3 is 5.97 Å². The van der Waals surface area contributed by atoms with Crippen molar-refractivity contribution in [3.8, 4) is 0 Å². The number of ether oxygens (including phenoxy) is 1. The van der Waals surface area contributed by atoms with E-state index in [1.807, 2.05) is 31.2 Å². The SMILES string of the molecule is Cc1cccc(C(=O)NCC(=O)OCC(=O)N2CCc3ccccc3C2)c1. The molecule has 0 saturated heterocycles. The lowest BCUT2D eigenvalue weighted by Crippen LogP contribution is -2.39. The molecule has 6 nitrogen and oxygen atoms in total. The Morgan fingerprint density at radius 1 is 1.07 bits per heavy atom. The van der Waals surface area contributed by atoms with Crippen molar-refractivity contribution in [2.45, 2.75) is 19.9 Å². The van der Waals surface area contributed by atoms with E-state index in [1.54, 1.807) is 23.1 Å². The molecule has 6 heteroatoms. The zero-order chi connectivity index (χ0) is 19.2. The third-order valence-electron chi connectivity index (χ3n) is 4.51. The Morgan fingerprint density at radius 3 is 2.63 bits per heavy atom. The molecule has 0 fully saturated rings. The summed E-state index contributed by atoms with van der Waals surface area (Å²) in [4.78, 5) is 37.8. The van der Waals surface area contributed by atoms with Crippen molar-refractivity contribution in [2.75, 3.05) is 19.7 Å². The molecule has 2 aromatic carbocycles. The number of carbonyl (C=O) groups is 3. The minimum absolute atomic E-state index is 0.233. The van der Waals surface area contributed by atoms with Crippen LogP contribution in [0.5, 0.6) is 0 Å². The molecular weight excluding hydrogens is 344 g/mol. The van der Waals surface area contributed by atoms with Crippen LogP contribution in [0.25, 0.3) is 0 Å². The maximum atomic E-state index is 12.3. The molecule has 0 bridgehead atoms. The summed E-state index contributed by atoms with van der Waals surface area (Å²) in [6.45, 7) is 2.42. The first-order chi connectivity index (χ1) is 13.0. The van der Waals surface area contributed by atoms with Gasteiger partial charge in [0, 0.05) is 18.7 Å². The van der Waals surface area contributed by atoms with Gasteiger partial charge in [0.2, 0.25) is 0 Å². The van der Waals surface area contributed by atoms with Gasteiger partial charge in [0.1, 0.15) is 6.54 Å². The van der Waals surface area contributed by atoms with E-state index in [0.29, 0.717) is 18.7 Å². The van der Waals surface area contributed by atoms with Crippen molar-refractivity contribution < 1.29 is 19.1 Å². The van der Waals surface area contributed by atoms with E-state index < -0.39 is 5.97 Å². The second kappa shape index (κ2) is 8.49. The summed E-state index contributed by atoms with van der Waals surface area (Å²) in [5.41, 5.74) is 3.80. The highest BCUT2D eigenvalue weighted by molar-refractivity contribution is 5.96. The molecule has 1 aliphatic rings. The summed E-state index contributed by atoms with van der Waals surface area (Å²) in [5, 5.41) is 2.50. The topological polar surface area (TPSA) is 75.7 Å². The number of hydrogen-bond donors (Lipinski definition) is 1. The third kappa shape index (κ3) is 4.94. The Kier molecular flexibility index (Phi) is 5.86. The standard InChI is InChI=1S/C21H22N2O4/c1-15-5-4-8-17(11-15)21(26)22-12-20(25)27-14-19(24)23-10-9-16-6-2-3-7-18(16)13-23/h2-8,11H,9-10,12-14H2,1H3,(H,22,26). The first-order valence-corrected chi connectivity index (χ1v) is 8.88. The van der Waals surface area contributed by atoms with Crippen molar-refractivity contribution in [1.29, 1.82) is 0 Å². The highest BCUT2D eigenvalue weighted by Crippen LogP contribution is 2.18. The Hall–Kier alpha value is -3.15. The van der Waals surface area contributed by atoms with Gasteiger partial charge in [0.25, 0.3) is 11.8 Å². The molecule has 140 valence electrons. The number of aryl methyl sites for hydroxylation is 1. The number of carbonyl (C=O) groups excluding carboxylic acids is 3. The molecular formula is C21H22N2O4. The van der Waals surface area contributed by atoms with Crippen LogP contribution >= 0.6 is 0 Å². The highest BCUT2D eigenvalue weighted by atomic mass is 16.5. The average Bonchev–Trinajstić information content (AvgIpc) is 2.69. The Balaban J connectivity index is 1.43. The fourth-order valence-corrected chi connectivity index (χ4v) is 3.03. The molecule has 1 aliphatic heterocycles. The minimum Gasteiger partial charge on any atom is -0.454 e. The van der Waals surface area contributed by atoms with E-state index >= 15 is 0 Å². The fraction of sp³-hybridized carbons (Fsp3) is 0.286. The second-order valence-electron chi connectivity index (χ2n) is 6.55. The number of rotatable bonds is 5. The van der Waals surface area contributed by atoms with E-state index in [-0.39, 0.29) is 25.0 Å². The van der Waals surface area contributed by atoms with Crippen LogP contribution in [0, 0.1) is 6.92 Å². The lowest BCUT2D eigenvalue weighted by molar-refractivity contribution is -0.151. The average molecular weight is 366 g/mol. The summed E-state index contributed by atoms with van der Waals surface area (Å²) < 4.78 is 5.01. The first-order valence-electron chi connectivity index (χ1n) is 8.88. The normalized spacial score (nSPS) is 12.9. The number of hydrogen-bond acceptors (Lipinski definition) is 4. The molecule has 0 unspecified atom stereocenters. The maximum Gasteiger partial charge on any atom is 0.325 e. The van der Waals surface area contributed by atoms with Gasteiger partial charge in [-0.25, -0.2) is 0 Å². The van der Waals surface area contributed by atoms with Gasteiger partial charge in [-0.3, -0.25) is 14.4 Å². The number of nitrogens with one attached hydrogen (secondary N) is 1. The number of amides is 2. The van der Waals surface area contributed by atoms with Gasteiger partial charge in [-0.2, -0.15) is 0 Å². The van der Waals surface area contributed by atoms with Gasteiger partial charge in [-0.1, -0.05) is 42.0 Å². The van der Waals surface area contributed by atoms with Crippen molar-refractivity contribution in [3.63, 3.8) is 0 Å². The van der Waals surface area contributed by atoms with E-state index in [9.17, 15) is 14.4 Å². The summed E-state index contributed by atoms with van der Waals surface area (Å²) in [6.07, 6.45) is 0.794. The molecule has 2 aromatic rings. The predicted octanol–water partition coefficient (Wildman–Crippen LogP) is 1.85. The molecule has 1 heterocycles. The molecule has 27 heavy (non-hydrogen) atoms. The zero-order valence-corrected chi connectivity index (χ0v) is 15.2. The molecule has 0 saturated carbocycles. The van der Waals surface area contributed by atoms with Gasteiger partial charge in [0.15, 0.2) is 6.61 Å². The molecule has 0 spiro atoms. The molecule has 0 aliphatic carbocycles. The molecule has 0 aromatic heterocycles. The number of benzene rings is 2. The fourth-order valence-electron chi connectivity index (χ4n) is 3.03. The van der Waals surface area contributed by atoms with Crippen LogP contribution in [0.2, 0.25) is 0 Å². The second-order valence-corrected chi connectivity index (χ2v) is 6.55. The van der Waals surface area contributed by atoms with Gasteiger partial charge in [0.05, 0.1) is 0 Å². The first kappa shape index (κ1) is 18.6. The van der Waals surface area contributed by atoms with Crippen LogP contribution < -0.4 is 5.32 Å². The van der Waals surface area contributed by atoms with E-state index in [2.05, 4.69) is 11.4 Å². The van der Waals surface area contributed by atoms with Crippen LogP contribution in [-0.4, -0.2) is 42.4 Å². The van der Waals surface area contributed by atoms with E-state index in [0.717, 1.165) is 17.5 Å². The molecule has 1 N–H and O–H groups in total.